The number of anilines is 1. The number of halogens is 3. The molecule has 8 heteroatoms. The third-order valence-corrected chi connectivity index (χ3v) is 3.84. The average molecular weight is 329 g/mol. The van der Waals surface area contributed by atoms with Crippen LogP contribution in [0.1, 0.15) is 6.92 Å². The van der Waals surface area contributed by atoms with Crippen LogP contribution in [0.5, 0.6) is 0 Å². The largest absolute Gasteiger partial charge is 0.339 e. The molecule has 1 aliphatic rings. The summed E-state index contributed by atoms with van der Waals surface area (Å²) in [6.07, 6.45) is 0. The van der Waals surface area contributed by atoms with Crippen LogP contribution in [-0.4, -0.2) is 61.4 Å². The van der Waals surface area contributed by atoms with E-state index >= 15 is 0 Å². The molecule has 0 unspecified atom stereocenters. The number of rotatable bonds is 3. The van der Waals surface area contributed by atoms with Crippen LogP contribution in [0.15, 0.2) is 12.1 Å². The molecule has 1 aliphatic heterocycles. The third kappa shape index (κ3) is 3.82. The Morgan fingerprint density at radius 1 is 1.09 bits per heavy atom. The molecule has 0 aromatic heterocycles. The van der Waals surface area contributed by atoms with Gasteiger partial charge in [0, 0.05) is 33.1 Å². The Morgan fingerprint density at radius 2 is 1.70 bits per heavy atom. The lowest BCUT2D eigenvalue weighted by atomic mass is 10.2. The molecule has 1 saturated heterocycles. The Hall–Kier alpha value is -2.09. The van der Waals surface area contributed by atoms with Crippen LogP contribution in [0, 0.1) is 17.5 Å². The molecule has 0 N–H and O–H groups in total. The summed E-state index contributed by atoms with van der Waals surface area (Å²) in [7, 11) is 1.93. The highest BCUT2D eigenvalue weighted by molar-refractivity contribution is 5.97. The van der Waals surface area contributed by atoms with Gasteiger partial charge < -0.3 is 14.7 Å². The number of benzene rings is 1. The van der Waals surface area contributed by atoms with Gasteiger partial charge in [0.1, 0.15) is 6.54 Å². The van der Waals surface area contributed by atoms with Crippen molar-refractivity contribution in [3.63, 3.8) is 0 Å². The third-order valence-electron chi connectivity index (χ3n) is 3.84. The van der Waals surface area contributed by atoms with E-state index < -0.39 is 35.6 Å². The number of carbonyl (C=O) groups excluding carboxylic acids is 2. The Bertz CT molecular complexity index is 616. The normalized spacial score (nSPS) is 15.6. The van der Waals surface area contributed by atoms with Crippen LogP contribution < -0.4 is 4.90 Å². The van der Waals surface area contributed by atoms with Gasteiger partial charge in [0.05, 0.1) is 5.69 Å². The van der Waals surface area contributed by atoms with Crippen molar-refractivity contribution in [2.24, 2.45) is 0 Å². The minimum Gasteiger partial charge on any atom is -0.339 e. The molecule has 0 aliphatic carbocycles. The molecule has 5 nitrogen and oxygen atoms in total. The minimum atomic E-state index is -1.67. The Labute approximate surface area is 132 Å². The molecule has 0 atom stereocenters. The number of carbonyl (C=O) groups is 2. The predicted octanol–water partition coefficient (Wildman–Crippen LogP) is 1.23. The summed E-state index contributed by atoms with van der Waals surface area (Å²) < 4.78 is 40.3. The summed E-state index contributed by atoms with van der Waals surface area (Å²) in [5.74, 6) is -5.48. The maximum Gasteiger partial charge on any atom is 0.242 e. The van der Waals surface area contributed by atoms with Gasteiger partial charge in [-0.15, -0.1) is 0 Å². The number of likely N-dealkylation sites (N-methyl/N-ethyl adjacent to an activating group) is 1. The van der Waals surface area contributed by atoms with E-state index in [1.165, 1.54) is 0 Å². The lowest BCUT2D eigenvalue weighted by molar-refractivity contribution is -0.132. The zero-order chi connectivity index (χ0) is 17.1. The van der Waals surface area contributed by atoms with Gasteiger partial charge in [0.2, 0.25) is 11.8 Å². The van der Waals surface area contributed by atoms with Crippen LogP contribution >= 0.6 is 0 Å². The molecule has 1 aromatic carbocycles. The molecule has 1 heterocycles. The second kappa shape index (κ2) is 6.99. The zero-order valence-corrected chi connectivity index (χ0v) is 13.0. The van der Waals surface area contributed by atoms with Crippen molar-refractivity contribution in [3.8, 4) is 0 Å². The van der Waals surface area contributed by atoms with Crippen LogP contribution in [-0.2, 0) is 9.59 Å². The van der Waals surface area contributed by atoms with Gasteiger partial charge in [-0.2, -0.15) is 0 Å². The maximum absolute atomic E-state index is 13.9. The van der Waals surface area contributed by atoms with Crippen LogP contribution in [0.3, 0.4) is 0 Å². The minimum absolute atomic E-state index is 0.363. The first-order valence-corrected chi connectivity index (χ1v) is 7.19. The molecule has 1 fully saturated rings. The Balaban J connectivity index is 2.18. The molecule has 126 valence electrons. The first-order chi connectivity index (χ1) is 10.8. The molecular formula is C15H18F3N3O2. The topological polar surface area (TPSA) is 43.9 Å². The molecular weight excluding hydrogens is 311 g/mol. The van der Waals surface area contributed by atoms with Gasteiger partial charge in [-0.05, 0) is 19.2 Å². The van der Waals surface area contributed by atoms with E-state index in [4.69, 9.17) is 0 Å². The number of hydrogen-bond acceptors (Lipinski definition) is 3. The molecule has 0 radical (unpaired) electrons. The summed E-state index contributed by atoms with van der Waals surface area (Å²) in [5.41, 5.74) is -0.445. The highest BCUT2D eigenvalue weighted by atomic mass is 19.2. The van der Waals surface area contributed by atoms with Crippen LogP contribution in [0.25, 0.3) is 0 Å². The van der Waals surface area contributed by atoms with E-state index in [1.54, 1.807) is 4.90 Å². The van der Waals surface area contributed by atoms with Gasteiger partial charge in [0.25, 0.3) is 0 Å². The molecule has 23 heavy (non-hydrogen) atoms. The van der Waals surface area contributed by atoms with Gasteiger partial charge in [0.15, 0.2) is 17.5 Å². The van der Waals surface area contributed by atoms with Crippen molar-refractivity contribution in [1.29, 1.82) is 0 Å². The molecule has 2 amide bonds. The zero-order valence-electron chi connectivity index (χ0n) is 13.0. The van der Waals surface area contributed by atoms with E-state index in [0.717, 1.165) is 24.0 Å². The van der Waals surface area contributed by atoms with Crippen molar-refractivity contribution < 1.29 is 22.8 Å². The summed E-state index contributed by atoms with van der Waals surface area (Å²) in [4.78, 5) is 28.4. The standard InChI is InChI=1S/C15H18F3N3O2/c1-10(22)21(12-4-3-11(16)14(17)15(12)18)9-13(23)20-7-5-19(2)6-8-20/h3-4H,5-9H2,1-2H3. The van der Waals surface area contributed by atoms with Crippen molar-refractivity contribution in [2.45, 2.75) is 6.92 Å². The fraction of sp³-hybridized carbons (Fsp3) is 0.467. The fourth-order valence-electron chi connectivity index (χ4n) is 2.38. The van der Waals surface area contributed by atoms with Crippen LogP contribution in [0.2, 0.25) is 0 Å². The average Bonchev–Trinajstić information content (AvgIpc) is 2.51. The second-order valence-electron chi connectivity index (χ2n) is 5.48. The molecule has 2 rings (SSSR count). The van der Waals surface area contributed by atoms with Gasteiger partial charge in [-0.1, -0.05) is 0 Å². The monoisotopic (exact) mass is 329 g/mol. The van der Waals surface area contributed by atoms with Crippen LogP contribution in [0.4, 0.5) is 18.9 Å². The van der Waals surface area contributed by atoms with Gasteiger partial charge in [-0.25, -0.2) is 13.2 Å². The summed E-state index contributed by atoms with van der Waals surface area (Å²) >= 11 is 0. The van der Waals surface area contributed by atoms with E-state index in [9.17, 15) is 22.8 Å². The van der Waals surface area contributed by atoms with Crippen molar-refractivity contribution in [3.05, 3.63) is 29.6 Å². The maximum atomic E-state index is 13.9. The van der Waals surface area contributed by atoms with Gasteiger partial charge >= 0.3 is 0 Å². The Kier molecular flexibility index (Phi) is 5.25. The highest BCUT2D eigenvalue weighted by Gasteiger charge is 2.26. The summed E-state index contributed by atoms with van der Waals surface area (Å²) in [5, 5.41) is 0. The number of piperazine rings is 1. The first-order valence-electron chi connectivity index (χ1n) is 7.19. The molecule has 0 bridgehead atoms. The van der Waals surface area contributed by atoms with Gasteiger partial charge in [-0.3, -0.25) is 9.59 Å². The van der Waals surface area contributed by atoms with E-state index in [0.29, 0.717) is 26.2 Å². The van der Waals surface area contributed by atoms with Crippen molar-refractivity contribution in [2.75, 3.05) is 44.7 Å². The predicted molar refractivity (Wildman–Crippen MR) is 78.4 cm³/mol. The van der Waals surface area contributed by atoms with Crippen molar-refractivity contribution in [1.82, 2.24) is 9.80 Å². The lowest BCUT2D eigenvalue weighted by Gasteiger charge is -2.33. The summed E-state index contributed by atoms with van der Waals surface area (Å²) in [6, 6.07) is 1.68. The summed E-state index contributed by atoms with van der Waals surface area (Å²) in [6.45, 7) is 3.12. The van der Waals surface area contributed by atoms with Crippen molar-refractivity contribution >= 4 is 17.5 Å². The van der Waals surface area contributed by atoms with E-state index in [2.05, 4.69) is 4.90 Å². The molecule has 0 saturated carbocycles. The number of hydrogen-bond donors (Lipinski definition) is 0. The van der Waals surface area contributed by atoms with E-state index in [1.807, 2.05) is 7.05 Å². The SMILES string of the molecule is CC(=O)N(CC(=O)N1CCN(C)CC1)c1ccc(F)c(F)c1F. The fourth-order valence-corrected chi connectivity index (χ4v) is 2.38. The number of amides is 2. The highest BCUT2D eigenvalue weighted by Crippen LogP contribution is 2.24. The smallest absolute Gasteiger partial charge is 0.242 e. The number of nitrogens with zero attached hydrogens (tertiary/aromatic N) is 3. The molecule has 0 spiro atoms. The van der Waals surface area contributed by atoms with E-state index in [-0.39, 0.29) is 5.91 Å². The quantitative estimate of drug-likeness (QED) is 0.784. The lowest BCUT2D eigenvalue weighted by Crippen LogP contribution is -2.50. The first kappa shape index (κ1) is 17.3. The molecule has 1 aromatic rings. The Morgan fingerprint density at radius 3 is 2.26 bits per heavy atom. The second-order valence-corrected chi connectivity index (χ2v) is 5.48.